The Kier molecular flexibility index (Phi) is 8.96. The molecule has 0 unspecified atom stereocenters. The molecule has 1 heterocycles. The predicted octanol–water partition coefficient (Wildman–Crippen LogP) is 0.983. The highest BCUT2D eigenvalue weighted by atomic mass is 16.8. The number of ether oxygens (including phenoxy) is 8. The number of aromatic hydroxyl groups is 1. The number of esters is 1. The summed E-state index contributed by atoms with van der Waals surface area (Å²) in [5, 5.41) is 34.5. The average Bonchev–Trinajstić information content (AvgIpc) is 3.05. The SMILES string of the molecule is COC(=O)c1c(O[C@H]2O[C@H](OC)[C@@H](OC)[C@H](OC)[C@@H]2C)cc2cc3c(c(O)c2c1C)C(=O)[C@]1(OC)C(=O)C=C(OC)[C@@H](O)[C@]1(O)C3=O. The molecule has 2 aromatic carbocycles. The molecule has 47 heavy (non-hydrogen) atoms. The Hall–Kier alpha value is -3.96. The number of phenolic OH excluding ortho intramolecular Hbond substituents is 1. The molecule has 0 aromatic heterocycles. The standard InChI is InChI=1S/C32H36O15/c1-12-19-14(10-16(20(12)28(38)43-6)46-29-13(2)23(41-4)24(42-5)30(44-7)47-29)9-15-21(22(19)34)27(37)32(45-8)18(33)11-17(40-3)26(36)31(32,39)25(15)35/h9-11,13,23-24,26,29-30,34,36,39H,1-8H3/t13-,23+,24-,26+,29-,30-,31+,32+/m0/s1. The van der Waals surface area contributed by atoms with Crippen LogP contribution in [0.15, 0.2) is 24.0 Å². The van der Waals surface area contributed by atoms with Crippen LogP contribution in [0.4, 0.5) is 0 Å². The topological polar surface area (TPSA) is 203 Å². The minimum absolute atomic E-state index is 0.0622. The highest BCUT2D eigenvalue weighted by molar-refractivity contribution is 6.35. The van der Waals surface area contributed by atoms with Crippen molar-refractivity contribution in [2.45, 2.75) is 55.9 Å². The molecule has 3 N–H and O–H groups in total. The van der Waals surface area contributed by atoms with Gasteiger partial charge in [0.25, 0.3) is 0 Å². The zero-order chi connectivity index (χ0) is 34.7. The fourth-order valence-electron chi connectivity index (χ4n) is 6.93. The van der Waals surface area contributed by atoms with Gasteiger partial charge in [-0.25, -0.2) is 4.79 Å². The van der Waals surface area contributed by atoms with Crippen LogP contribution in [-0.4, -0.2) is 123 Å². The number of benzene rings is 2. The molecule has 1 saturated heterocycles. The summed E-state index contributed by atoms with van der Waals surface area (Å²) in [6.07, 6.45) is -4.64. The van der Waals surface area contributed by atoms with E-state index in [0.29, 0.717) is 0 Å². The normalized spacial score (nSPS) is 32.0. The van der Waals surface area contributed by atoms with E-state index in [1.807, 2.05) is 0 Å². The lowest BCUT2D eigenvalue weighted by Gasteiger charge is -2.49. The van der Waals surface area contributed by atoms with Gasteiger partial charge in [0.1, 0.15) is 28.9 Å². The summed E-state index contributed by atoms with van der Waals surface area (Å²) in [5.41, 5.74) is -7.38. The van der Waals surface area contributed by atoms with Crippen molar-refractivity contribution in [3.8, 4) is 11.5 Å². The third-order valence-corrected chi connectivity index (χ3v) is 9.33. The maximum atomic E-state index is 14.1. The van der Waals surface area contributed by atoms with Gasteiger partial charge in [-0.15, -0.1) is 0 Å². The highest BCUT2D eigenvalue weighted by Crippen LogP contribution is 2.51. The molecular formula is C32H36O15. The first-order chi connectivity index (χ1) is 22.2. The van der Waals surface area contributed by atoms with E-state index in [9.17, 15) is 34.5 Å². The van der Waals surface area contributed by atoms with Gasteiger partial charge < -0.3 is 53.2 Å². The number of aliphatic hydroxyl groups is 2. The summed E-state index contributed by atoms with van der Waals surface area (Å²) in [6.45, 7) is 3.23. The number of fused-ring (bicyclic) bond motifs is 3. The molecule has 1 fully saturated rings. The van der Waals surface area contributed by atoms with Crippen LogP contribution in [0.1, 0.15) is 43.6 Å². The van der Waals surface area contributed by atoms with Crippen LogP contribution in [0.5, 0.6) is 11.5 Å². The number of hydrogen-bond donors (Lipinski definition) is 3. The number of ketones is 3. The molecule has 0 amide bonds. The van der Waals surface area contributed by atoms with E-state index in [1.165, 1.54) is 40.4 Å². The number of phenols is 1. The average molecular weight is 661 g/mol. The Morgan fingerprint density at radius 2 is 1.60 bits per heavy atom. The van der Waals surface area contributed by atoms with Crippen molar-refractivity contribution >= 4 is 34.1 Å². The number of carbonyl (C=O) groups excluding carboxylic acids is 4. The molecule has 8 atom stereocenters. The summed E-state index contributed by atoms with van der Waals surface area (Å²) in [4.78, 5) is 54.8. The van der Waals surface area contributed by atoms with Crippen LogP contribution < -0.4 is 4.74 Å². The van der Waals surface area contributed by atoms with Crippen LogP contribution in [0, 0.1) is 12.8 Å². The summed E-state index contributed by atoms with van der Waals surface area (Å²) < 4.78 is 44.2. The molecule has 0 spiro atoms. The van der Waals surface area contributed by atoms with Crippen molar-refractivity contribution in [3.63, 3.8) is 0 Å². The predicted molar refractivity (Wildman–Crippen MR) is 158 cm³/mol. The quantitative estimate of drug-likeness (QED) is 0.267. The summed E-state index contributed by atoms with van der Waals surface area (Å²) in [7, 11) is 7.53. The Morgan fingerprint density at radius 3 is 2.15 bits per heavy atom. The third kappa shape index (κ3) is 4.53. The molecule has 3 aliphatic rings. The molecule has 254 valence electrons. The zero-order valence-electron chi connectivity index (χ0n) is 26.9. The van der Waals surface area contributed by atoms with Gasteiger partial charge >= 0.3 is 5.97 Å². The number of aliphatic hydroxyl groups excluding tert-OH is 1. The molecule has 0 bridgehead atoms. The second-order valence-corrected chi connectivity index (χ2v) is 11.4. The Bertz CT molecular complexity index is 1700. The van der Waals surface area contributed by atoms with Gasteiger partial charge in [-0.3, -0.25) is 14.4 Å². The number of carbonyl (C=O) groups is 4. The molecule has 1 aliphatic heterocycles. The zero-order valence-corrected chi connectivity index (χ0v) is 26.9. The van der Waals surface area contributed by atoms with Crippen molar-refractivity contribution in [1.29, 1.82) is 0 Å². The summed E-state index contributed by atoms with van der Waals surface area (Å²) in [6, 6.07) is 2.49. The fraction of sp³-hybridized carbons (Fsp3) is 0.500. The van der Waals surface area contributed by atoms with Crippen molar-refractivity contribution in [3.05, 3.63) is 46.2 Å². The Morgan fingerprint density at radius 1 is 0.936 bits per heavy atom. The van der Waals surface area contributed by atoms with Gasteiger partial charge in [0.2, 0.25) is 34.8 Å². The molecule has 0 radical (unpaired) electrons. The molecule has 5 rings (SSSR count). The molecule has 2 aromatic rings. The van der Waals surface area contributed by atoms with Crippen molar-refractivity contribution in [1.82, 2.24) is 0 Å². The van der Waals surface area contributed by atoms with Gasteiger partial charge in [-0.2, -0.15) is 0 Å². The lowest BCUT2D eigenvalue weighted by Crippen LogP contribution is -2.77. The highest BCUT2D eigenvalue weighted by Gasteiger charge is 2.74. The minimum Gasteiger partial charge on any atom is -0.507 e. The van der Waals surface area contributed by atoms with Crippen LogP contribution in [0.3, 0.4) is 0 Å². The van der Waals surface area contributed by atoms with E-state index < -0.39 is 94.0 Å². The maximum absolute atomic E-state index is 14.1. The number of methoxy groups -OCH3 is 6. The largest absolute Gasteiger partial charge is 0.507 e. The van der Waals surface area contributed by atoms with Crippen molar-refractivity contribution in [2.75, 3.05) is 42.7 Å². The van der Waals surface area contributed by atoms with E-state index >= 15 is 0 Å². The van der Waals surface area contributed by atoms with Gasteiger partial charge in [0.15, 0.2) is 12.4 Å². The van der Waals surface area contributed by atoms with Crippen LogP contribution in [0.25, 0.3) is 10.8 Å². The second kappa shape index (κ2) is 12.2. The molecule has 0 saturated carbocycles. The van der Waals surface area contributed by atoms with Gasteiger partial charge in [-0.05, 0) is 30.0 Å². The number of aryl methyl sites for hydroxylation is 1. The Labute approximate surface area is 268 Å². The van der Waals surface area contributed by atoms with Gasteiger partial charge in [-0.1, -0.05) is 6.92 Å². The lowest BCUT2D eigenvalue weighted by atomic mass is 9.60. The fourth-order valence-corrected chi connectivity index (χ4v) is 6.93. The third-order valence-electron chi connectivity index (χ3n) is 9.33. The first kappa shape index (κ1) is 34.4. The van der Waals surface area contributed by atoms with E-state index in [1.54, 1.807) is 6.92 Å². The molecule has 15 nitrogen and oxygen atoms in total. The number of hydrogen-bond acceptors (Lipinski definition) is 15. The van der Waals surface area contributed by atoms with Crippen LogP contribution >= 0.6 is 0 Å². The summed E-state index contributed by atoms with van der Waals surface area (Å²) >= 11 is 0. The Balaban J connectivity index is 1.74. The smallest absolute Gasteiger partial charge is 0.341 e. The van der Waals surface area contributed by atoms with Gasteiger partial charge in [0, 0.05) is 51.4 Å². The molecule has 15 heteroatoms. The van der Waals surface area contributed by atoms with E-state index in [2.05, 4.69) is 0 Å². The van der Waals surface area contributed by atoms with Crippen molar-refractivity contribution in [2.24, 2.45) is 5.92 Å². The number of Topliss-reactive ketones (excluding diaryl/α,β-unsaturated/α-hetero) is 2. The molecule has 2 aliphatic carbocycles. The van der Waals surface area contributed by atoms with E-state index in [4.69, 9.17) is 37.9 Å². The van der Waals surface area contributed by atoms with E-state index in [0.717, 1.165) is 27.4 Å². The maximum Gasteiger partial charge on any atom is 0.341 e. The van der Waals surface area contributed by atoms with Crippen LogP contribution in [-0.2, 0) is 38.0 Å². The van der Waals surface area contributed by atoms with E-state index in [-0.39, 0.29) is 27.6 Å². The van der Waals surface area contributed by atoms with Crippen LogP contribution in [0.2, 0.25) is 0 Å². The first-order valence-electron chi connectivity index (χ1n) is 14.4. The number of rotatable bonds is 8. The lowest BCUT2D eigenvalue weighted by molar-refractivity contribution is -0.321. The first-order valence-corrected chi connectivity index (χ1v) is 14.4. The monoisotopic (exact) mass is 660 g/mol. The molecular weight excluding hydrogens is 624 g/mol. The van der Waals surface area contributed by atoms with Crippen molar-refractivity contribution < 1.29 is 72.4 Å². The van der Waals surface area contributed by atoms with Gasteiger partial charge in [0.05, 0.1) is 25.9 Å². The minimum atomic E-state index is -3.17. The summed E-state index contributed by atoms with van der Waals surface area (Å²) in [5.74, 6) is -6.48. The second-order valence-electron chi connectivity index (χ2n) is 11.4.